The number of amides is 2. The summed E-state index contributed by atoms with van der Waals surface area (Å²) in [4.78, 5) is 40.2. The van der Waals surface area contributed by atoms with E-state index < -0.39 is 17.6 Å². The van der Waals surface area contributed by atoms with Gasteiger partial charge < -0.3 is 15.5 Å². The van der Waals surface area contributed by atoms with Crippen LogP contribution >= 0.6 is 0 Å². The summed E-state index contributed by atoms with van der Waals surface area (Å²) in [6.45, 7) is 1.36. The molecule has 3 aliphatic heterocycles. The van der Waals surface area contributed by atoms with Crippen molar-refractivity contribution < 1.29 is 27.4 Å². The fourth-order valence-corrected chi connectivity index (χ4v) is 5.18. The van der Waals surface area contributed by atoms with Crippen LogP contribution in [0.15, 0.2) is 76.5 Å². The second-order valence-corrected chi connectivity index (χ2v) is 10.5. The van der Waals surface area contributed by atoms with Gasteiger partial charge in [0.25, 0.3) is 11.7 Å². The minimum atomic E-state index is -4.55. The molecule has 2 unspecified atom stereocenters. The number of anilines is 1. The number of alkyl halides is 3. The topological polar surface area (TPSA) is 125 Å². The van der Waals surface area contributed by atoms with Crippen molar-refractivity contribution in [1.82, 2.24) is 15.2 Å². The summed E-state index contributed by atoms with van der Waals surface area (Å²) in [7, 11) is 0. The Morgan fingerprint density at radius 2 is 1.88 bits per heavy atom. The summed E-state index contributed by atoms with van der Waals surface area (Å²) in [5, 5.41) is 5.58. The van der Waals surface area contributed by atoms with Gasteiger partial charge in [0.15, 0.2) is 0 Å². The van der Waals surface area contributed by atoms with Crippen molar-refractivity contribution >= 4 is 29.7 Å². The van der Waals surface area contributed by atoms with E-state index in [-0.39, 0.29) is 33.8 Å². The van der Waals surface area contributed by atoms with Gasteiger partial charge in [0.05, 0.1) is 23.5 Å². The van der Waals surface area contributed by atoms with E-state index in [0.717, 1.165) is 50.6 Å². The molecule has 4 heterocycles. The number of aromatic nitrogens is 1. The number of carbonyl (C=O) groups excluding carboxylic acids is 2. The van der Waals surface area contributed by atoms with Crippen molar-refractivity contribution in [2.24, 2.45) is 21.7 Å². The Balaban J connectivity index is 1.21. The standard InChI is InChI=1S/C28H27F3N8O2/c29-28(30,31)20-9-10-34-23(14-20)36-27(41)19-5-3-17(4-6-19)25-37-24(22-15-33-11-13-39(22,25)32)38-12-1-2-21(16-38)35-26(40)18-7-8-18/h3-6,9-11,13-15,18,21H,1-2,7-8,12,16,32H2,(H-,34,35,36,40,41)/p+1. The lowest BCUT2D eigenvalue weighted by Gasteiger charge is -2.34. The molecule has 2 aromatic rings. The van der Waals surface area contributed by atoms with Crippen LogP contribution in [0, 0.1) is 5.92 Å². The molecule has 0 radical (unpaired) electrons. The molecule has 10 nitrogen and oxygen atoms in total. The zero-order valence-electron chi connectivity index (χ0n) is 21.9. The number of fused-ring (bicyclic) bond motifs is 1. The average molecular weight is 566 g/mol. The minimum Gasteiger partial charge on any atom is -0.351 e. The number of nitrogens with zero attached hydrogens (tertiary/aromatic N) is 5. The number of quaternary nitrogens is 1. The van der Waals surface area contributed by atoms with Crippen LogP contribution < -0.4 is 16.5 Å². The van der Waals surface area contributed by atoms with E-state index in [9.17, 15) is 22.8 Å². The SMILES string of the molecule is N[N+]12C=CN=CC1=C(N1CCCC(NC(=O)C3CC3)C1)N=C2c1ccc(C(=O)Nc2cc(C(F)(F)F)ccn2)cc1. The number of nitrogens with one attached hydrogen (secondary N) is 2. The van der Waals surface area contributed by atoms with Gasteiger partial charge in [-0.3, -0.25) is 14.6 Å². The molecule has 4 aliphatic rings. The van der Waals surface area contributed by atoms with Gasteiger partial charge in [-0.05, 0) is 62.1 Å². The number of piperidine rings is 1. The van der Waals surface area contributed by atoms with E-state index in [4.69, 9.17) is 10.8 Å². The van der Waals surface area contributed by atoms with E-state index in [1.165, 1.54) is 0 Å². The summed E-state index contributed by atoms with van der Waals surface area (Å²) in [5.41, 5.74) is 0.667. The van der Waals surface area contributed by atoms with Gasteiger partial charge in [-0.25, -0.2) is 4.98 Å². The number of halogens is 3. The fourth-order valence-electron chi connectivity index (χ4n) is 5.18. The van der Waals surface area contributed by atoms with Crippen LogP contribution in [0.3, 0.4) is 0 Å². The third kappa shape index (κ3) is 5.37. The van der Waals surface area contributed by atoms with Gasteiger partial charge in [-0.2, -0.15) is 24.0 Å². The van der Waals surface area contributed by atoms with Gasteiger partial charge in [-0.1, -0.05) is 0 Å². The summed E-state index contributed by atoms with van der Waals surface area (Å²) in [6, 6.07) is 8.12. The van der Waals surface area contributed by atoms with Crippen molar-refractivity contribution in [3.05, 3.63) is 83.2 Å². The van der Waals surface area contributed by atoms with Crippen LogP contribution in [0.4, 0.5) is 19.0 Å². The number of amidine groups is 1. The Hall–Kier alpha value is -4.36. The number of rotatable bonds is 6. The van der Waals surface area contributed by atoms with Crippen LogP contribution in [-0.2, 0) is 11.0 Å². The van der Waals surface area contributed by atoms with Crippen LogP contribution in [0.25, 0.3) is 0 Å². The van der Waals surface area contributed by atoms with Crippen molar-refractivity contribution in [1.29, 1.82) is 0 Å². The summed E-state index contributed by atoms with van der Waals surface area (Å²) in [5.74, 6) is 7.49. The molecule has 2 amide bonds. The molecule has 1 saturated heterocycles. The quantitative estimate of drug-likeness (QED) is 0.365. The maximum atomic E-state index is 13.0. The highest BCUT2D eigenvalue weighted by molar-refractivity contribution is 6.05. The maximum Gasteiger partial charge on any atom is 0.416 e. The largest absolute Gasteiger partial charge is 0.416 e. The first kappa shape index (κ1) is 26.8. The number of benzene rings is 1. The number of allylic oxidation sites excluding steroid dienone is 1. The first-order chi connectivity index (χ1) is 19.6. The lowest BCUT2D eigenvalue weighted by atomic mass is 10.1. The van der Waals surface area contributed by atoms with Gasteiger partial charge in [0.2, 0.25) is 17.4 Å². The first-order valence-electron chi connectivity index (χ1n) is 13.3. The molecule has 1 aromatic heterocycles. The summed E-state index contributed by atoms with van der Waals surface area (Å²) in [6.07, 6.45) is 5.12. The highest BCUT2D eigenvalue weighted by atomic mass is 19.4. The molecule has 1 aliphatic carbocycles. The van der Waals surface area contributed by atoms with Crippen molar-refractivity contribution in [2.75, 3.05) is 18.4 Å². The molecular formula is C28H28F3N8O2+. The second-order valence-electron chi connectivity index (χ2n) is 10.5. The molecule has 2 fully saturated rings. The van der Waals surface area contributed by atoms with Crippen molar-refractivity contribution in [3.8, 4) is 0 Å². The number of aliphatic imine (C=N–C) groups is 2. The molecule has 2 atom stereocenters. The molecule has 212 valence electrons. The van der Waals surface area contributed by atoms with Gasteiger partial charge in [-0.15, -0.1) is 4.59 Å². The fraction of sp³-hybridized carbons (Fsp3) is 0.321. The molecule has 4 N–H and O–H groups in total. The number of pyridine rings is 1. The molecule has 1 saturated carbocycles. The number of carbonyl (C=O) groups is 2. The van der Waals surface area contributed by atoms with E-state index in [1.807, 2.05) is 0 Å². The second kappa shape index (κ2) is 10.2. The van der Waals surface area contributed by atoms with Crippen LogP contribution in [0.1, 0.15) is 47.2 Å². The van der Waals surface area contributed by atoms with Crippen molar-refractivity contribution in [2.45, 2.75) is 37.9 Å². The highest BCUT2D eigenvalue weighted by Gasteiger charge is 2.46. The van der Waals surface area contributed by atoms with Crippen LogP contribution in [0.2, 0.25) is 0 Å². The Bertz CT molecular complexity index is 1510. The summed E-state index contributed by atoms with van der Waals surface area (Å²) < 4.78 is 38.8. The molecular weight excluding hydrogens is 537 g/mol. The highest BCUT2D eigenvalue weighted by Crippen LogP contribution is 2.35. The number of likely N-dealkylation sites (tertiary alicyclic amines) is 1. The zero-order valence-corrected chi connectivity index (χ0v) is 21.9. The van der Waals surface area contributed by atoms with E-state index >= 15 is 0 Å². The normalized spacial score (nSPS) is 23.8. The third-order valence-electron chi connectivity index (χ3n) is 7.52. The van der Waals surface area contributed by atoms with E-state index in [2.05, 4.69) is 25.5 Å². The Morgan fingerprint density at radius 3 is 2.61 bits per heavy atom. The van der Waals surface area contributed by atoms with Gasteiger partial charge in [0, 0.05) is 36.8 Å². The number of hydrogen-bond donors (Lipinski definition) is 3. The lowest BCUT2D eigenvalue weighted by molar-refractivity contribution is -0.750. The molecule has 13 heteroatoms. The molecule has 0 bridgehead atoms. The first-order valence-corrected chi connectivity index (χ1v) is 13.3. The summed E-state index contributed by atoms with van der Waals surface area (Å²) >= 11 is 0. The Morgan fingerprint density at radius 1 is 1.10 bits per heavy atom. The van der Waals surface area contributed by atoms with E-state index in [1.54, 1.807) is 42.9 Å². The molecule has 6 rings (SSSR count). The van der Waals surface area contributed by atoms with Crippen molar-refractivity contribution in [3.63, 3.8) is 0 Å². The van der Waals surface area contributed by atoms with Crippen LogP contribution in [-0.4, -0.2) is 57.5 Å². The third-order valence-corrected chi connectivity index (χ3v) is 7.52. The Kier molecular flexibility index (Phi) is 6.70. The molecule has 0 spiro atoms. The zero-order chi connectivity index (χ0) is 28.8. The predicted octanol–water partition coefficient (Wildman–Crippen LogP) is 3.52. The molecule has 41 heavy (non-hydrogen) atoms. The molecule has 1 aromatic carbocycles. The Labute approximate surface area is 233 Å². The predicted molar refractivity (Wildman–Crippen MR) is 145 cm³/mol. The minimum absolute atomic E-state index is 0.0176. The monoisotopic (exact) mass is 565 g/mol. The maximum absolute atomic E-state index is 13.0. The lowest BCUT2D eigenvalue weighted by Crippen LogP contribution is -2.53. The average Bonchev–Trinajstić information content (AvgIpc) is 3.76. The number of nitrogens with two attached hydrogens (primary N) is 1. The van der Waals surface area contributed by atoms with E-state index in [0.29, 0.717) is 29.5 Å². The number of hydrogen-bond acceptors (Lipinski definition) is 7. The van der Waals surface area contributed by atoms with Crippen LogP contribution in [0.5, 0.6) is 0 Å². The van der Waals surface area contributed by atoms with Gasteiger partial charge >= 0.3 is 6.18 Å². The smallest absolute Gasteiger partial charge is 0.351 e. The van der Waals surface area contributed by atoms with Gasteiger partial charge in [0.1, 0.15) is 12.0 Å².